The Labute approximate surface area is 131 Å². The number of aromatic amines is 1. The van der Waals surface area contributed by atoms with Crippen molar-refractivity contribution in [3.05, 3.63) is 33.2 Å². The lowest BCUT2D eigenvalue weighted by atomic mass is 10.1. The molecule has 0 aliphatic heterocycles. The van der Waals surface area contributed by atoms with Gasteiger partial charge in [0.25, 0.3) is 5.56 Å². The predicted molar refractivity (Wildman–Crippen MR) is 86.5 cm³/mol. The molecule has 0 radical (unpaired) electrons. The highest BCUT2D eigenvalue weighted by molar-refractivity contribution is 7.91. The molecular formula is C15H24N2O4S. The largest absolute Gasteiger partial charge is 0.352 e. The lowest BCUT2D eigenvalue weighted by Gasteiger charge is -2.09. The second-order valence-corrected chi connectivity index (χ2v) is 8.21. The molecule has 0 spiro atoms. The molecule has 0 aliphatic rings. The average Bonchev–Trinajstić information content (AvgIpc) is 2.33. The molecule has 22 heavy (non-hydrogen) atoms. The number of carbonyl (C=O) groups excluding carboxylic acids is 1. The number of aryl methyl sites for hydroxylation is 2. The van der Waals surface area contributed by atoms with E-state index in [2.05, 4.69) is 10.3 Å². The van der Waals surface area contributed by atoms with Crippen molar-refractivity contribution < 1.29 is 13.2 Å². The van der Waals surface area contributed by atoms with E-state index in [9.17, 15) is 18.0 Å². The minimum atomic E-state index is -3.21. The van der Waals surface area contributed by atoms with E-state index in [1.807, 2.05) is 19.9 Å². The first-order valence-corrected chi connectivity index (χ1v) is 9.09. The van der Waals surface area contributed by atoms with Crippen LogP contribution in [0.3, 0.4) is 0 Å². The molecule has 0 fully saturated rings. The molecule has 1 aromatic heterocycles. The fourth-order valence-electron chi connectivity index (χ4n) is 2.22. The zero-order chi connectivity index (χ0) is 16.9. The number of hydrogen-bond donors (Lipinski definition) is 2. The molecule has 0 aromatic carbocycles. The Morgan fingerprint density at radius 3 is 2.50 bits per heavy atom. The molecule has 0 atom stereocenters. The molecule has 7 heteroatoms. The molecule has 1 aromatic rings. The van der Waals surface area contributed by atoms with Gasteiger partial charge in [0.05, 0.1) is 11.5 Å². The van der Waals surface area contributed by atoms with E-state index in [0.717, 1.165) is 11.3 Å². The van der Waals surface area contributed by atoms with Crippen LogP contribution < -0.4 is 10.9 Å². The maximum Gasteiger partial charge on any atom is 0.253 e. The van der Waals surface area contributed by atoms with Crippen molar-refractivity contribution >= 4 is 15.7 Å². The minimum Gasteiger partial charge on any atom is -0.352 e. The highest BCUT2D eigenvalue weighted by atomic mass is 32.2. The smallest absolute Gasteiger partial charge is 0.253 e. The summed E-state index contributed by atoms with van der Waals surface area (Å²) >= 11 is 0. The van der Waals surface area contributed by atoms with Crippen molar-refractivity contribution in [1.29, 1.82) is 0 Å². The van der Waals surface area contributed by atoms with Gasteiger partial charge in [-0.2, -0.15) is 0 Å². The number of rotatable bonds is 7. The van der Waals surface area contributed by atoms with Crippen LogP contribution in [0, 0.1) is 19.8 Å². The number of aromatic nitrogens is 1. The quantitative estimate of drug-likeness (QED) is 0.782. The van der Waals surface area contributed by atoms with Gasteiger partial charge in [0.2, 0.25) is 5.91 Å². The predicted octanol–water partition coefficient (Wildman–Crippen LogP) is 1.07. The molecule has 124 valence electrons. The minimum absolute atomic E-state index is 0.0434. The van der Waals surface area contributed by atoms with E-state index in [1.54, 1.807) is 13.8 Å². The number of pyridine rings is 1. The van der Waals surface area contributed by atoms with Gasteiger partial charge in [-0.3, -0.25) is 9.59 Å². The highest BCUT2D eigenvalue weighted by Crippen LogP contribution is 2.04. The van der Waals surface area contributed by atoms with Gasteiger partial charge < -0.3 is 10.3 Å². The van der Waals surface area contributed by atoms with Crippen LogP contribution in [-0.2, 0) is 21.2 Å². The summed E-state index contributed by atoms with van der Waals surface area (Å²) in [5, 5.41) is 2.60. The first-order valence-electron chi connectivity index (χ1n) is 7.27. The fourth-order valence-corrected chi connectivity index (χ4v) is 3.89. The standard InChI is InChI=1S/C15H24N2O4S/c1-10(2)9-22(20,21)6-5-14(18)16-8-13-11(3)7-12(4)17-15(13)19/h7,10H,5-6,8-9H2,1-4H3,(H,16,18)(H,17,19). The van der Waals surface area contributed by atoms with Crippen LogP contribution in [0.5, 0.6) is 0 Å². The van der Waals surface area contributed by atoms with E-state index >= 15 is 0 Å². The summed E-state index contributed by atoms with van der Waals surface area (Å²) in [4.78, 5) is 26.2. The van der Waals surface area contributed by atoms with Gasteiger partial charge >= 0.3 is 0 Å². The number of carbonyl (C=O) groups is 1. The Morgan fingerprint density at radius 1 is 1.32 bits per heavy atom. The third-order valence-electron chi connectivity index (χ3n) is 3.18. The van der Waals surface area contributed by atoms with Crippen LogP contribution in [0.15, 0.2) is 10.9 Å². The van der Waals surface area contributed by atoms with Gasteiger partial charge in [-0.05, 0) is 31.4 Å². The summed E-state index contributed by atoms with van der Waals surface area (Å²) in [6, 6.07) is 1.83. The molecule has 0 unspecified atom stereocenters. The topological polar surface area (TPSA) is 96.1 Å². The number of nitrogens with one attached hydrogen (secondary N) is 2. The first-order chi connectivity index (χ1) is 10.1. The molecule has 1 amide bonds. The average molecular weight is 328 g/mol. The van der Waals surface area contributed by atoms with E-state index in [4.69, 9.17) is 0 Å². The second kappa shape index (κ2) is 7.58. The Bertz CT molecular complexity index is 690. The van der Waals surface area contributed by atoms with Crippen molar-refractivity contribution in [3.63, 3.8) is 0 Å². The first kappa shape index (κ1) is 18.4. The van der Waals surface area contributed by atoms with Gasteiger partial charge in [0.15, 0.2) is 9.84 Å². The summed E-state index contributed by atoms with van der Waals surface area (Å²) in [6.45, 7) is 7.34. The fraction of sp³-hybridized carbons (Fsp3) is 0.600. The lowest BCUT2D eigenvalue weighted by Crippen LogP contribution is -2.29. The van der Waals surface area contributed by atoms with Crippen LogP contribution in [-0.4, -0.2) is 30.8 Å². The Hall–Kier alpha value is -1.63. The van der Waals surface area contributed by atoms with E-state index in [1.165, 1.54) is 0 Å². The molecule has 1 rings (SSSR count). The molecule has 0 bridgehead atoms. The molecule has 0 saturated carbocycles. The Balaban J connectivity index is 2.56. The summed E-state index contributed by atoms with van der Waals surface area (Å²) in [6.07, 6.45) is -0.0854. The molecule has 0 saturated heterocycles. The zero-order valence-electron chi connectivity index (χ0n) is 13.5. The molecule has 6 nitrogen and oxygen atoms in total. The normalized spacial score (nSPS) is 11.7. The SMILES string of the molecule is Cc1cc(C)c(CNC(=O)CCS(=O)(=O)CC(C)C)c(=O)[nH]1. The number of sulfone groups is 1. The summed E-state index contributed by atoms with van der Waals surface area (Å²) in [5.74, 6) is -0.411. The van der Waals surface area contributed by atoms with Gasteiger partial charge in [0, 0.05) is 24.2 Å². The Morgan fingerprint density at radius 2 is 1.95 bits per heavy atom. The molecule has 0 aliphatic carbocycles. The van der Waals surface area contributed by atoms with Gasteiger partial charge in [0.1, 0.15) is 0 Å². The second-order valence-electron chi connectivity index (χ2n) is 5.98. The summed E-state index contributed by atoms with van der Waals surface area (Å²) in [7, 11) is -3.21. The Kier molecular flexibility index (Phi) is 6.34. The zero-order valence-corrected chi connectivity index (χ0v) is 14.3. The lowest BCUT2D eigenvalue weighted by molar-refractivity contribution is -0.120. The van der Waals surface area contributed by atoms with Crippen LogP contribution in [0.25, 0.3) is 0 Å². The van der Waals surface area contributed by atoms with Crippen LogP contribution >= 0.6 is 0 Å². The molecule has 2 N–H and O–H groups in total. The number of H-pyrrole nitrogens is 1. The number of amides is 1. The van der Waals surface area contributed by atoms with Crippen molar-refractivity contribution in [2.75, 3.05) is 11.5 Å². The van der Waals surface area contributed by atoms with Crippen molar-refractivity contribution in [2.24, 2.45) is 5.92 Å². The summed E-state index contributed by atoms with van der Waals surface area (Å²) < 4.78 is 23.5. The third-order valence-corrected chi connectivity index (χ3v) is 5.18. The van der Waals surface area contributed by atoms with Crippen molar-refractivity contribution in [2.45, 2.75) is 40.7 Å². The van der Waals surface area contributed by atoms with Gasteiger partial charge in [-0.25, -0.2) is 8.42 Å². The van der Waals surface area contributed by atoms with Crippen LogP contribution in [0.2, 0.25) is 0 Å². The monoisotopic (exact) mass is 328 g/mol. The number of hydrogen-bond acceptors (Lipinski definition) is 4. The third kappa shape index (κ3) is 6.01. The molecule has 1 heterocycles. The van der Waals surface area contributed by atoms with E-state index in [-0.39, 0.29) is 41.9 Å². The highest BCUT2D eigenvalue weighted by Gasteiger charge is 2.15. The summed E-state index contributed by atoms with van der Waals surface area (Å²) in [5.41, 5.74) is 1.82. The van der Waals surface area contributed by atoms with Gasteiger partial charge in [-0.15, -0.1) is 0 Å². The van der Waals surface area contributed by atoms with Crippen molar-refractivity contribution in [1.82, 2.24) is 10.3 Å². The van der Waals surface area contributed by atoms with Crippen LogP contribution in [0.4, 0.5) is 0 Å². The maximum atomic E-state index is 11.8. The van der Waals surface area contributed by atoms with Gasteiger partial charge in [-0.1, -0.05) is 13.8 Å². The van der Waals surface area contributed by atoms with E-state index < -0.39 is 9.84 Å². The maximum absolute atomic E-state index is 11.8. The van der Waals surface area contributed by atoms with Crippen LogP contribution in [0.1, 0.15) is 37.1 Å². The van der Waals surface area contributed by atoms with E-state index in [0.29, 0.717) is 5.56 Å². The van der Waals surface area contributed by atoms with Crippen molar-refractivity contribution in [3.8, 4) is 0 Å². The molecular weight excluding hydrogens is 304 g/mol.